The second-order valence-electron chi connectivity index (χ2n) is 8.42. The van der Waals surface area contributed by atoms with Crippen LogP contribution in [0.3, 0.4) is 0 Å². The van der Waals surface area contributed by atoms with E-state index < -0.39 is 5.97 Å². The van der Waals surface area contributed by atoms with Crippen molar-refractivity contribution in [2.45, 2.75) is 0 Å². The number of nitrogens with zero attached hydrogens (tertiary/aromatic N) is 1. The van der Waals surface area contributed by atoms with Crippen LogP contribution >= 0.6 is 0 Å². The number of anilines is 3. The predicted molar refractivity (Wildman–Crippen MR) is 141 cm³/mol. The lowest BCUT2D eigenvalue weighted by Gasteiger charge is -2.27. The van der Waals surface area contributed by atoms with Crippen molar-refractivity contribution in [3.8, 4) is 0 Å². The van der Waals surface area contributed by atoms with Crippen LogP contribution in [0.15, 0.2) is 121 Å². The van der Waals surface area contributed by atoms with Crippen LogP contribution in [0.4, 0.5) is 17.1 Å². The molecular formula is C31H21NO2. The van der Waals surface area contributed by atoms with Crippen LogP contribution in [0.2, 0.25) is 0 Å². The first-order chi connectivity index (χ1) is 16.7. The molecule has 1 N–H and O–H groups in total. The molecule has 34 heavy (non-hydrogen) atoms. The van der Waals surface area contributed by atoms with Crippen LogP contribution in [0, 0.1) is 0 Å². The Balaban J connectivity index is 1.60. The fourth-order valence-electron chi connectivity index (χ4n) is 4.65. The minimum Gasteiger partial charge on any atom is -0.478 e. The van der Waals surface area contributed by atoms with Crippen LogP contribution in [-0.4, -0.2) is 11.1 Å². The van der Waals surface area contributed by atoms with Crippen LogP contribution in [0.25, 0.3) is 32.3 Å². The number of hydrogen-bond acceptors (Lipinski definition) is 2. The molecule has 6 aromatic carbocycles. The summed E-state index contributed by atoms with van der Waals surface area (Å²) in [6.45, 7) is 0. The van der Waals surface area contributed by atoms with E-state index >= 15 is 0 Å². The standard InChI is InChI=1S/C31H21NO2/c33-31(34)26-13-12-25-20-28(17-15-24(25)18-26)32(27-16-14-21-6-1-2-8-23(21)19-27)30-11-5-9-22-7-3-4-10-29(22)30/h1-20H,(H,33,34). The molecule has 0 unspecified atom stereocenters. The van der Waals surface area contributed by atoms with Crippen molar-refractivity contribution in [2.24, 2.45) is 0 Å². The summed E-state index contributed by atoms with van der Waals surface area (Å²) in [5, 5.41) is 16.0. The molecule has 0 saturated heterocycles. The number of carbonyl (C=O) groups is 1. The second-order valence-corrected chi connectivity index (χ2v) is 8.42. The summed E-state index contributed by atoms with van der Waals surface area (Å²) >= 11 is 0. The third-order valence-electron chi connectivity index (χ3n) is 6.33. The second kappa shape index (κ2) is 8.05. The molecule has 6 aromatic rings. The van der Waals surface area contributed by atoms with Gasteiger partial charge in [0.1, 0.15) is 0 Å². The van der Waals surface area contributed by atoms with Crippen molar-refractivity contribution in [3.05, 3.63) is 127 Å². The highest BCUT2D eigenvalue weighted by Gasteiger charge is 2.16. The lowest BCUT2D eigenvalue weighted by atomic mass is 10.0. The molecule has 0 aromatic heterocycles. The normalized spacial score (nSPS) is 11.2. The Morgan fingerprint density at radius 2 is 1.09 bits per heavy atom. The highest BCUT2D eigenvalue weighted by atomic mass is 16.4. The van der Waals surface area contributed by atoms with Gasteiger partial charge in [-0.2, -0.15) is 0 Å². The molecule has 6 rings (SSSR count). The largest absolute Gasteiger partial charge is 0.478 e. The number of benzene rings is 6. The van der Waals surface area contributed by atoms with Crippen molar-refractivity contribution in [3.63, 3.8) is 0 Å². The molecule has 0 heterocycles. The van der Waals surface area contributed by atoms with E-state index in [0.717, 1.165) is 27.8 Å². The van der Waals surface area contributed by atoms with E-state index in [1.807, 2.05) is 12.1 Å². The molecule has 0 spiro atoms. The summed E-state index contributed by atoms with van der Waals surface area (Å²) in [6, 6.07) is 41.1. The smallest absolute Gasteiger partial charge is 0.335 e. The molecule has 0 radical (unpaired) electrons. The molecule has 162 valence electrons. The van der Waals surface area contributed by atoms with Crippen LogP contribution < -0.4 is 4.90 Å². The maximum Gasteiger partial charge on any atom is 0.335 e. The minimum absolute atomic E-state index is 0.292. The summed E-state index contributed by atoms with van der Waals surface area (Å²) in [5.41, 5.74) is 3.47. The summed E-state index contributed by atoms with van der Waals surface area (Å²) < 4.78 is 0. The number of carboxylic acid groups (broad SMARTS) is 1. The zero-order valence-electron chi connectivity index (χ0n) is 18.3. The molecule has 3 nitrogen and oxygen atoms in total. The molecule has 0 bridgehead atoms. The fourth-order valence-corrected chi connectivity index (χ4v) is 4.65. The van der Waals surface area contributed by atoms with Gasteiger partial charge in [-0.1, -0.05) is 78.9 Å². The number of aromatic carboxylic acids is 1. The highest BCUT2D eigenvalue weighted by molar-refractivity contribution is 6.02. The maximum absolute atomic E-state index is 11.4. The Bertz CT molecular complexity index is 1700. The van der Waals surface area contributed by atoms with Crippen LogP contribution in [-0.2, 0) is 0 Å². The van der Waals surface area contributed by atoms with E-state index in [-0.39, 0.29) is 0 Å². The van der Waals surface area contributed by atoms with Crippen molar-refractivity contribution < 1.29 is 9.90 Å². The number of fused-ring (bicyclic) bond motifs is 3. The fraction of sp³-hybridized carbons (Fsp3) is 0. The zero-order valence-corrected chi connectivity index (χ0v) is 18.3. The summed E-state index contributed by atoms with van der Waals surface area (Å²) in [4.78, 5) is 13.7. The van der Waals surface area contributed by atoms with Crippen molar-refractivity contribution >= 4 is 55.3 Å². The van der Waals surface area contributed by atoms with E-state index in [2.05, 4.69) is 102 Å². The van der Waals surface area contributed by atoms with E-state index in [1.165, 1.54) is 21.5 Å². The van der Waals surface area contributed by atoms with Gasteiger partial charge in [-0.3, -0.25) is 0 Å². The molecular weight excluding hydrogens is 418 g/mol. The first kappa shape index (κ1) is 20.0. The monoisotopic (exact) mass is 439 g/mol. The molecule has 3 heteroatoms. The van der Waals surface area contributed by atoms with Gasteiger partial charge in [0.25, 0.3) is 0 Å². The predicted octanol–water partition coefficient (Wildman–Crippen LogP) is 8.31. The lowest BCUT2D eigenvalue weighted by Crippen LogP contribution is -2.10. The maximum atomic E-state index is 11.4. The Morgan fingerprint density at radius 1 is 0.529 bits per heavy atom. The van der Waals surface area contributed by atoms with Gasteiger partial charge in [-0.25, -0.2) is 4.79 Å². The SMILES string of the molecule is O=C(O)c1ccc2cc(N(c3ccc4ccccc4c3)c3cccc4ccccc34)ccc2c1. The molecule has 0 aliphatic carbocycles. The van der Waals surface area contributed by atoms with Crippen molar-refractivity contribution in [2.75, 3.05) is 4.90 Å². The number of rotatable bonds is 4. The highest BCUT2D eigenvalue weighted by Crippen LogP contribution is 2.40. The van der Waals surface area contributed by atoms with E-state index in [4.69, 9.17) is 0 Å². The Hall–Kier alpha value is -4.63. The van der Waals surface area contributed by atoms with Gasteiger partial charge in [0.15, 0.2) is 0 Å². The first-order valence-corrected chi connectivity index (χ1v) is 11.2. The van der Waals surface area contributed by atoms with Gasteiger partial charge in [-0.05, 0) is 69.4 Å². The van der Waals surface area contributed by atoms with Gasteiger partial charge in [0.05, 0.1) is 11.3 Å². The zero-order chi connectivity index (χ0) is 23.1. The molecule has 0 amide bonds. The molecule has 0 aliphatic rings. The summed E-state index contributed by atoms with van der Waals surface area (Å²) in [5.74, 6) is -0.917. The number of carboxylic acids is 1. The summed E-state index contributed by atoms with van der Waals surface area (Å²) in [7, 11) is 0. The lowest BCUT2D eigenvalue weighted by molar-refractivity contribution is 0.0697. The quantitative estimate of drug-likeness (QED) is 0.300. The van der Waals surface area contributed by atoms with Crippen LogP contribution in [0.5, 0.6) is 0 Å². The van der Waals surface area contributed by atoms with Crippen molar-refractivity contribution in [1.82, 2.24) is 0 Å². The third kappa shape index (κ3) is 3.44. The Morgan fingerprint density at radius 3 is 1.85 bits per heavy atom. The van der Waals surface area contributed by atoms with Crippen LogP contribution in [0.1, 0.15) is 10.4 Å². The van der Waals surface area contributed by atoms with Gasteiger partial charge in [0.2, 0.25) is 0 Å². The van der Waals surface area contributed by atoms with Crippen molar-refractivity contribution in [1.29, 1.82) is 0 Å². The van der Waals surface area contributed by atoms with E-state index in [1.54, 1.807) is 12.1 Å². The van der Waals surface area contributed by atoms with E-state index in [0.29, 0.717) is 5.56 Å². The number of hydrogen-bond donors (Lipinski definition) is 1. The van der Waals surface area contributed by atoms with Gasteiger partial charge in [0, 0.05) is 16.8 Å². The third-order valence-corrected chi connectivity index (χ3v) is 6.33. The van der Waals surface area contributed by atoms with E-state index in [9.17, 15) is 9.90 Å². The topological polar surface area (TPSA) is 40.5 Å². The molecule has 0 fully saturated rings. The summed E-state index contributed by atoms with van der Waals surface area (Å²) in [6.07, 6.45) is 0. The molecule has 0 saturated carbocycles. The molecule has 0 aliphatic heterocycles. The first-order valence-electron chi connectivity index (χ1n) is 11.2. The van der Waals surface area contributed by atoms with Gasteiger partial charge < -0.3 is 10.0 Å². The average molecular weight is 440 g/mol. The van der Waals surface area contributed by atoms with Gasteiger partial charge >= 0.3 is 5.97 Å². The van der Waals surface area contributed by atoms with Gasteiger partial charge in [-0.15, -0.1) is 0 Å². The Kier molecular flexibility index (Phi) is 4.74. The molecule has 0 atom stereocenters. The average Bonchev–Trinajstić information content (AvgIpc) is 2.88. The Labute approximate surface area is 197 Å². The minimum atomic E-state index is -0.917.